The smallest absolute Gasteiger partial charge is 0.254 e. The van der Waals surface area contributed by atoms with E-state index in [-0.39, 0.29) is 5.91 Å². The minimum Gasteiger partial charge on any atom is -0.390 e. The van der Waals surface area contributed by atoms with E-state index in [9.17, 15) is 4.79 Å². The summed E-state index contributed by atoms with van der Waals surface area (Å²) >= 11 is 1.47. The molecule has 1 saturated carbocycles. The molecule has 1 aliphatic rings. The van der Waals surface area contributed by atoms with Gasteiger partial charge in [-0.3, -0.25) is 4.79 Å². The van der Waals surface area contributed by atoms with E-state index in [0.717, 1.165) is 11.1 Å². The Bertz CT molecular complexity index is 587. The van der Waals surface area contributed by atoms with Gasteiger partial charge in [0, 0.05) is 6.54 Å². The molecule has 3 nitrogen and oxygen atoms in total. The average molecular weight is 272 g/mol. The molecule has 1 aromatic carbocycles. The quantitative estimate of drug-likeness (QED) is 0.898. The van der Waals surface area contributed by atoms with E-state index in [1.165, 1.54) is 24.2 Å². The zero-order valence-electron chi connectivity index (χ0n) is 10.6. The molecule has 0 unspecified atom stereocenters. The molecule has 1 fully saturated rings. The first-order chi connectivity index (χ1) is 9.25. The van der Waals surface area contributed by atoms with Gasteiger partial charge in [-0.2, -0.15) is 0 Å². The number of rotatable bonds is 4. The molecular formula is C15H16N2OS. The maximum atomic E-state index is 12.3. The van der Waals surface area contributed by atoms with Gasteiger partial charge in [0.2, 0.25) is 0 Å². The molecule has 1 aromatic heterocycles. The summed E-state index contributed by atoms with van der Waals surface area (Å²) in [5.41, 5.74) is 8.86. The van der Waals surface area contributed by atoms with Gasteiger partial charge in [0.05, 0.1) is 10.6 Å². The van der Waals surface area contributed by atoms with Crippen molar-refractivity contribution in [2.75, 3.05) is 5.73 Å². The highest BCUT2D eigenvalue weighted by Crippen LogP contribution is 2.45. The van der Waals surface area contributed by atoms with Crippen LogP contribution in [0.25, 0.3) is 0 Å². The molecule has 19 heavy (non-hydrogen) atoms. The van der Waals surface area contributed by atoms with Gasteiger partial charge in [0.15, 0.2) is 0 Å². The third-order valence-corrected chi connectivity index (χ3v) is 4.22. The zero-order valence-corrected chi connectivity index (χ0v) is 11.4. The van der Waals surface area contributed by atoms with Gasteiger partial charge in [0.25, 0.3) is 5.91 Å². The minimum atomic E-state index is -0.0514. The summed E-state index contributed by atoms with van der Waals surface area (Å²) in [6.07, 6.45) is 2.35. The Balaban J connectivity index is 1.72. The van der Waals surface area contributed by atoms with Crippen LogP contribution in [0.5, 0.6) is 0 Å². The van der Waals surface area contributed by atoms with Crippen LogP contribution < -0.4 is 11.1 Å². The molecule has 98 valence electrons. The molecule has 1 aliphatic carbocycles. The average Bonchev–Trinajstić information content (AvgIpc) is 3.20. The van der Waals surface area contributed by atoms with Crippen molar-refractivity contribution in [3.63, 3.8) is 0 Å². The largest absolute Gasteiger partial charge is 0.390 e. The number of nitrogen functional groups attached to an aromatic ring is 1. The number of nitrogens with two attached hydrogens (primary N) is 1. The lowest BCUT2D eigenvalue weighted by Crippen LogP contribution is -2.24. The van der Waals surface area contributed by atoms with E-state index < -0.39 is 0 Å². The second-order valence-corrected chi connectivity index (χ2v) is 5.78. The molecule has 0 bridgehead atoms. The van der Waals surface area contributed by atoms with Crippen molar-refractivity contribution in [2.45, 2.75) is 25.3 Å². The topological polar surface area (TPSA) is 55.1 Å². The summed E-state index contributed by atoms with van der Waals surface area (Å²) in [5, 5.41) is 5.62. The summed E-state index contributed by atoms with van der Waals surface area (Å²) in [6.45, 7) is 0.541. The Morgan fingerprint density at radius 3 is 2.74 bits per heavy atom. The van der Waals surface area contributed by atoms with Crippen molar-refractivity contribution >= 4 is 22.2 Å². The van der Waals surface area contributed by atoms with E-state index >= 15 is 0 Å². The van der Waals surface area contributed by atoms with Crippen LogP contribution in [-0.2, 0) is 6.54 Å². The summed E-state index contributed by atoms with van der Waals surface area (Å²) < 4.78 is 0. The Labute approximate surface area is 116 Å². The number of amides is 1. The van der Waals surface area contributed by atoms with Crippen LogP contribution in [0.15, 0.2) is 35.7 Å². The van der Waals surface area contributed by atoms with Gasteiger partial charge < -0.3 is 11.1 Å². The Kier molecular flexibility index (Phi) is 3.25. The molecule has 0 spiro atoms. The molecule has 1 heterocycles. The predicted octanol–water partition coefficient (Wildman–Crippen LogP) is 3.14. The fraction of sp³-hybridized carbons (Fsp3) is 0.267. The maximum Gasteiger partial charge on any atom is 0.254 e. The second-order valence-electron chi connectivity index (χ2n) is 4.87. The lowest BCUT2D eigenvalue weighted by molar-refractivity contribution is 0.0951. The highest BCUT2D eigenvalue weighted by Gasteiger charge is 2.30. The lowest BCUT2D eigenvalue weighted by atomic mass is 10.1. The normalized spacial score (nSPS) is 14.3. The van der Waals surface area contributed by atoms with Gasteiger partial charge in [0.1, 0.15) is 0 Å². The fourth-order valence-corrected chi connectivity index (χ4v) is 3.08. The molecule has 0 atom stereocenters. The predicted molar refractivity (Wildman–Crippen MR) is 78.3 cm³/mol. The summed E-state index contributed by atoms with van der Waals surface area (Å²) in [7, 11) is 0. The van der Waals surface area contributed by atoms with Gasteiger partial charge in [-0.05, 0) is 35.3 Å². The van der Waals surface area contributed by atoms with Gasteiger partial charge >= 0.3 is 0 Å². The molecule has 1 amide bonds. The van der Waals surface area contributed by atoms with Crippen molar-refractivity contribution < 1.29 is 4.79 Å². The standard InChI is InChI=1S/C15H16N2OS/c16-14-13(12(9-19-14)11-6-7-11)15(18)17-8-10-4-2-1-3-5-10/h1-5,9,11H,6-8,16H2,(H,17,18). The molecule has 4 heteroatoms. The van der Waals surface area contributed by atoms with Crippen molar-refractivity contribution in [1.82, 2.24) is 5.32 Å². The molecule has 3 N–H and O–H groups in total. The van der Waals surface area contributed by atoms with Gasteiger partial charge in [-0.15, -0.1) is 11.3 Å². The van der Waals surface area contributed by atoms with E-state index in [0.29, 0.717) is 23.0 Å². The lowest BCUT2D eigenvalue weighted by Gasteiger charge is -2.07. The summed E-state index contributed by atoms with van der Waals surface area (Å²) in [5.74, 6) is 0.496. The van der Waals surface area contributed by atoms with Crippen LogP contribution in [0.2, 0.25) is 0 Å². The Morgan fingerprint density at radius 2 is 2.05 bits per heavy atom. The van der Waals surface area contributed by atoms with Crippen LogP contribution in [0, 0.1) is 0 Å². The minimum absolute atomic E-state index is 0.0514. The van der Waals surface area contributed by atoms with Crippen molar-refractivity contribution in [3.8, 4) is 0 Å². The van der Waals surface area contributed by atoms with E-state index in [1.807, 2.05) is 35.7 Å². The van der Waals surface area contributed by atoms with E-state index in [2.05, 4.69) is 5.32 Å². The molecule has 3 rings (SSSR count). The number of hydrogen-bond acceptors (Lipinski definition) is 3. The first kappa shape index (κ1) is 12.2. The highest BCUT2D eigenvalue weighted by molar-refractivity contribution is 7.14. The summed E-state index contributed by atoms with van der Waals surface area (Å²) in [6, 6.07) is 9.90. The Hall–Kier alpha value is -1.81. The number of hydrogen-bond donors (Lipinski definition) is 2. The van der Waals surface area contributed by atoms with Crippen LogP contribution in [0.1, 0.15) is 40.2 Å². The number of carbonyl (C=O) groups excluding carboxylic acids is 1. The third kappa shape index (κ3) is 2.63. The molecule has 0 saturated heterocycles. The van der Waals surface area contributed by atoms with Crippen molar-refractivity contribution in [3.05, 3.63) is 52.4 Å². The van der Waals surface area contributed by atoms with Crippen LogP contribution in [0.3, 0.4) is 0 Å². The number of anilines is 1. The molecule has 0 aliphatic heterocycles. The van der Waals surface area contributed by atoms with E-state index in [4.69, 9.17) is 5.73 Å². The Morgan fingerprint density at radius 1 is 1.32 bits per heavy atom. The highest BCUT2D eigenvalue weighted by atomic mass is 32.1. The number of carbonyl (C=O) groups is 1. The second kappa shape index (κ2) is 5.05. The van der Waals surface area contributed by atoms with Gasteiger partial charge in [-0.1, -0.05) is 30.3 Å². The molecule has 0 radical (unpaired) electrons. The van der Waals surface area contributed by atoms with E-state index in [1.54, 1.807) is 0 Å². The first-order valence-corrected chi connectivity index (χ1v) is 7.32. The van der Waals surface area contributed by atoms with Crippen LogP contribution in [-0.4, -0.2) is 5.91 Å². The SMILES string of the molecule is Nc1scc(C2CC2)c1C(=O)NCc1ccccc1. The van der Waals surface area contributed by atoms with Crippen molar-refractivity contribution in [1.29, 1.82) is 0 Å². The monoisotopic (exact) mass is 272 g/mol. The maximum absolute atomic E-state index is 12.3. The van der Waals surface area contributed by atoms with Crippen molar-refractivity contribution in [2.24, 2.45) is 0 Å². The third-order valence-electron chi connectivity index (χ3n) is 3.39. The molecule has 2 aromatic rings. The van der Waals surface area contributed by atoms with Gasteiger partial charge in [-0.25, -0.2) is 0 Å². The number of thiophene rings is 1. The summed E-state index contributed by atoms with van der Waals surface area (Å²) in [4.78, 5) is 12.3. The zero-order chi connectivity index (χ0) is 13.2. The number of benzene rings is 1. The van der Waals surface area contributed by atoms with Crippen LogP contribution in [0.4, 0.5) is 5.00 Å². The van der Waals surface area contributed by atoms with Crippen LogP contribution >= 0.6 is 11.3 Å². The molecular weight excluding hydrogens is 256 g/mol. The number of nitrogens with one attached hydrogen (secondary N) is 1. The first-order valence-electron chi connectivity index (χ1n) is 6.44. The fourth-order valence-electron chi connectivity index (χ4n) is 2.19.